The van der Waals surface area contributed by atoms with E-state index in [2.05, 4.69) is 57.1 Å². The summed E-state index contributed by atoms with van der Waals surface area (Å²) in [5.74, 6) is 0.628. The van der Waals surface area contributed by atoms with Gasteiger partial charge < -0.3 is 10.1 Å². The SMILES string of the molecule is CC(C)COCCCNCc1cc(Br)c(Br)s1. The molecule has 0 saturated carbocycles. The Kier molecular flexibility index (Phi) is 7.95. The molecule has 1 N–H and O–H groups in total. The molecule has 2 nitrogen and oxygen atoms in total. The molecule has 0 aliphatic rings. The minimum absolute atomic E-state index is 0.628. The van der Waals surface area contributed by atoms with E-state index in [-0.39, 0.29) is 0 Å². The fourth-order valence-corrected chi connectivity index (χ4v) is 3.45. The molecule has 1 aromatic rings. The van der Waals surface area contributed by atoms with Crippen LogP contribution in [0.2, 0.25) is 0 Å². The second-order valence-electron chi connectivity index (χ2n) is 4.33. The largest absolute Gasteiger partial charge is 0.381 e. The second kappa shape index (κ2) is 8.64. The van der Waals surface area contributed by atoms with Crippen LogP contribution in [-0.4, -0.2) is 19.8 Å². The van der Waals surface area contributed by atoms with Crippen LogP contribution in [0.25, 0.3) is 0 Å². The minimum Gasteiger partial charge on any atom is -0.381 e. The van der Waals surface area contributed by atoms with Crippen molar-refractivity contribution in [1.82, 2.24) is 5.32 Å². The molecule has 98 valence electrons. The molecule has 5 heteroatoms. The maximum atomic E-state index is 5.52. The van der Waals surface area contributed by atoms with Crippen molar-refractivity contribution in [3.63, 3.8) is 0 Å². The Labute approximate surface area is 124 Å². The van der Waals surface area contributed by atoms with E-state index in [0.29, 0.717) is 5.92 Å². The van der Waals surface area contributed by atoms with Crippen molar-refractivity contribution in [2.24, 2.45) is 5.92 Å². The molecule has 1 aromatic heterocycles. The van der Waals surface area contributed by atoms with Crippen LogP contribution in [0.1, 0.15) is 25.1 Å². The van der Waals surface area contributed by atoms with Crippen molar-refractivity contribution in [2.75, 3.05) is 19.8 Å². The van der Waals surface area contributed by atoms with Crippen LogP contribution >= 0.6 is 43.2 Å². The molecule has 0 unspecified atom stereocenters. The first-order valence-electron chi connectivity index (χ1n) is 5.81. The van der Waals surface area contributed by atoms with E-state index < -0.39 is 0 Å². The van der Waals surface area contributed by atoms with E-state index in [0.717, 1.165) is 41.0 Å². The zero-order chi connectivity index (χ0) is 12.7. The van der Waals surface area contributed by atoms with Crippen LogP contribution in [0.4, 0.5) is 0 Å². The van der Waals surface area contributed by atoms with Crippen molar-refractivity contribution < 1.29 is 4.74 Å². The quantitative estimate of drug-likeness (QED) is 0.669. The number of hydrogen-bond donors (Lipinski definition) is 1. The third-order valence-electron chi connectivity index (χ3n) is 2.09. The molecule has 0 spiro atoms. The highest BCUT2D eigenvalue weighted by atomic mass is 79.9. The Balaban J connectivity index is 2.01. The molecular weight excluding hydrogens is 366 g/mol. The zero-order valence-corrected chi connectivity index (χ0v) is 14.3. The van der Waals surface area contributed by atoms with Gasteiger partial charge >= 0.3 is 0 Å². The Hall–Kier alpha value is 0.580. The molecule has 0 aromatic carbocycles. The fourth-order valence-electron chi connectivity index (χ4n) is 1.31. The molecule has 0 amide bonds. The molecule has 0 saturated heterocycles. The van der Waals surface area contributed by atoms with Gasteiger partial charge in [0, 0.05) is 29.1 Å². The van der Waals surface area contributed by atoms with Gasteiger partial charge in [-0.05, 0) is 56.8 Å². The Morgan fingerprint density at radius 3 is 2.76 bits per heavy atom. The van der Waals surface area contributed by atoms with Gasteiger partial charge in [-0.2, -0.15) is 0 Å². The first kappa shape index (κ1) is 15.6. The average Bonchev–Trinajstić information content (AvgIpc) is 2.56. The predicted molar refractivity (Wildman–Crippen MR) is 81.7 cm³/mol. The van der Waals surface area contributed by atoms with Gasteiger partial charge in [-0.3, -0.25) is 0 Å². The monoisotopic (exact) mass is 383 g/mol. The van der Waals surface area contributed by atoms with E-state index in [1.165, 1.54) is 4.88 Å². The predicted octanol–water partition coefficient (Wildman–Crippen LogP) is 4.43. The topological polar surface area (TPSA) is 21.3 Å². The summed E-state index contributed by atoms with van der Waals surface area (Å²) in [6.07, 6.45) is 1.07. The van der Waals surface area contributed by atoms with Crippen LogP contribution in [0.5, 0.6) is 0 Å². The zero-order valence-electron chi connectivity index (χ0n) is 10.3. The Morgan fingerprint density at radius 2 is 2.18 bits per heavy atom. The van der Waals surface area contributed by atoms with Crippen molar-refractivity contribution in [3.05, 3.63) is 19.2 Å². The first-order valence-corrected chi connectivity index (χ1v) is 8.22. The smallest absolute Gasteiger partial charge is 0.0843 e. The summed E-state index contributed by atoms with van der Waals surface area (Å²) >= 11 is 8.75. The number of hydrogen-bond acceptors (Lipinski definition) is 3. The van der Waals surface area contributed by atoms with Gasteiger partial charge in [-0.25, -0.2) is 0 Å². The molecule has 0 aliphatic heterocycles. The standard InChI is InChI=1S/C12H19Br2NOS/c1-9(2)8-16-5-3-4-15-7-10-6-11(13)12(14)17-10/h6,9,15H,3-5,7-8H2,1-2H3. The van der Waals surface area contributed by atoms with Crippen LogP contribution in [-0.2, 0) is 11.3 Å². The maximum Gasteiger partial charge on any atom is 0.0843 e. The van der Waals surface area contributed by atoms with Gasteiger partial charge in [-0.15, -0.1) is 11.3 Å². The number of nitrogens with one attached hydrogen (secondary N) is 1. The third-order valence-corrected chi connectivity index (χ3v) is 5.35. The van der Waals surface area contributed by atoms with Crippen molar-refractivity contribution >= 4 is 43.2 Å². The lowest BCUT2D eigenvalue weighted by molar-refractivity contribution is 0.108. The molecule has 0 atom stereocenters. The number of rotatable bonds is 8. The molecule has 0 fully saturated rings. The number of ether oxygens (including phenoxy) is 1. The Bertz CT molecular complexity index is 309. The second-order valence-corrected chi connectivity index (χ2v) is 7.64. The summed E-state index contributed by atoms with van der Waals surface area (Å²) in [5, 5.41) is 3.42. The summed E-state index contributed by atoms with van der Waals surface area (Å²) in [6.45, 7) is 7.99. The van der Waals surface area contributed by atoms with Crippen molar-refractivity contribution in [3.8, 4) is 0 Å². The Morgan fingerprint density at radius 1 is 1.41 bits per heavy atom. The van der Waals surface area contributed by atoms with E-state index in [4.69, 9.17) is 4.74 Å². The summed E-state index contributed by atoms with van der Waals surface area (Å²) in [6, 6.07) is 2.15. The highest BCUT2D eigenvalue weighted by Crippen LogP contribution is 2.32. The maximum absolute atomic E-state index is 5.52. The summed E-state index contributed by atoms with van der Waals surface area (Å²) in [5.41, 5.74) is 0. The van der Waals surface area contributed by atoms with Gasteiger partial charge in [0.05, 0.1) is 3.79 Å². The molecule has 1 heterocycles. The van der Waals surface area contributed by atoms with Crippen molar-refractivity contribution in [1.29, 1.82) is 0 Å². The highest BCUT2D eigenvalue weighted by Gasteiger charge is 2.03. The van der Waals surface area contributed by atoms with Gasteiger partial charge in [0.25, 0.3) is 0 Å². The normalized spacial score (nSPS) is 11.4. The first-order chi connectivity index (χ1) is 8.09. The van der Waals surface area contributed by atoms with Crippen LogP contribution in [0.3, 0.4) is 0 Å². The van der Waals surface area contributed by atoms with Crippen LogP contribution < -0.4 is 5.32 Å². The number of thiophene rings is 1. The lowest BCUT2D eigenvalue weighted by Crippen LogP contribution is -2.16. The lowest BCUT2D eigenvalue weighted by atomic mass is 10.2. The van der Waals surface area contributed by atoms with Gasteiger partial charge in [-0.1, -0.05) is 13.8 Å². The van der Waals surface area contributed by atoms with E-state index >= 15 is 0 Å². The summed E-state index contributed by atoms with van der Waals surface area (Å²) in [4.78, 5) is 1.34. The van der Waals surface area contributed by atoms with Gasteiger partial charge in [0.1, 0.15) is 0 Å². The van der Waals surface area contributed by atoms with E-state index in [9.17, 15) is 0 Å². The summed E-state index contributed by atoms with van der Waals surface area (Å²) in [7, 11) is 0. The molecule has 1 rings (SSSR count). The highest BCUT2D eigenvalue weighted by molar-refractivity contribution is 9.13. The van der Waals surface area contributed by atoms with Crippen molar-refractivity contribution in [2.45, 2.75) is 26.8 Å². The van der Waals surface area contributed by atoms with Gasteiger partial charge in [0.15, 0.2) is 0 Å². The van der Waals surface area contributed by atoms with E-state index in [1.807, 2.05) is 0 Å². The third kappa shape index (κ3) is 6.91. The average molecular weight is 385 g/mol. The van der Waals surface area contributed by atoms with E-state index in [1.54, 1.807) is 11.3 Å². The van der Waals surface area contributed by atoms with Crippen LogP contribution in [0, 0.1) is 5.92 Å². The molecule has 0 aliphatic carbocycles. The molecule has 17 heavy (non-hydrogen) atoms. The molecule has 0 bridgehead atoms. The molecule has 0 radical (unpaired) electrons. The number of halogens is 2. The van der Waals surface area contributed by atoms with Crippen LogP contribution in [0.15, 0.2) is 14.3 Å². The molecular formula is C12H19Br2NOS. The lowest BCUT2D eigenvalue weighted by Gasteiger charge is -2.07. The fraction of sp³-hybridized carbons (Fsp3) is 0.667. The summed E-state index contributed by atoms with van der Waals surface area (Å²) < 4.78 is 7.82. The van der Waals surface area contributed by atoms with Gasteiger partial charge in [0.2, 0.25) is 0 Å². The minimum atomic E-state index is 0.628.